The van der Waals surface area contributed by atoms with Gasteiger partial charge in [-0.25, -0.2) is 4.98 Å². The van der Waals surface area contributed by atoms with E-state index in [-0.39, 0.29) is 0 Å². The Morgan fingerprint density at radius 3 is 2.43 bits per heavy atom. The molecule has 0 atom stereocenters. The van der Waals surface area contributed by atoms with E-state index in [4.69, 9.17) is 0 Å². The second-order valence-corrected chi connectivity index (χ2v) is 7.09. The second kappa shape index (κ2) is 5.15. The van der Waals surface area contributed by atoms with Gasteiger partial charge in [0, 0.05) is 42.9 Å². The van der Waals surface area contributed by atoms with Crippen LogP contribution in [-0.4, -0.2) is 33.4 Å². The third-order valence-electron chi connectivity index (χ3n) is 5.55. The van der Waals surface area contributed by atoms with Gasteiger partial charge < -0.3 is 9.47 Å². The van der Waals surface area contributed by atoms with E-state index in [0.29, 0.717) is 23.8 Å². The lowest BCUT2D eigenvalue weighted by molar-refractivity contribution is -0.133. The molecule has 3 fully saturated rings. The van der Waals surface area contributed by atoms with Crippen LogP contribution in [0.4, 0.5) is 0 Å². The Morgan fingerprint density at radius 2 is 1.86 bits per heavy atom. The van der Waals surface area contributed by atoms with Gasteiger partial charge in [-0.15, -0.1) is 0 Å². The smallest absolute Gasteiger partial charge is 0.225 e. The fourth-order valence-electron chi connectivity index (χ4n) is 3.84. The average Bonchev–Trinajstić information content (AvgIpc) is 3.22. The number of rotatable bonds is 3. The number of hydrogen-bond acceptors (Lipinski definition) is 2. The van der Waals surface area contributed by atoms with Gasteiger partial charge in [0.1, 0.15) is 5.82 Å². The van der Waals surface area contributed by atoms with E-state index in [1.54, 1.807) is 0 Å². The summed E-state index contributed by atoms with van der Waals surface area (Å²) in [5, 5.41) is 0. The first-order valence-electron chi connectivity index (χ1n) is 8.56. The fourth-order valence-corrected chi connectivity index (χ4v) is 3.84. The van der Waals surface area contributed by atoms with Crippen molar-refractivity contribution in [3.8, 4) is 0 Å². The van der Waals surface area contributed by atoms with Crippen LogP contribution >= 0.6 is 0 Å². The van der Waals surface area contributed by atoms with E-state index in [2.05, 4.69) is 21.4 Å². The van der Waals surface area contributed by atoms with Gasteiger partial charge in [-0.2, -0.15) is 0 Å². The lowest BCUT2D eigenvalue weighted by Crippen LogP contribution is -2.40. The molecule has 1 saturated heterocycles. The molecular formula is C17H25N3O. The highest BCUT2D eigenvalue weighted by molar-refractivity contribution is 5.81. The molecule has 4 heteroatoms. The monoisotopic (exact) mass is 287 g/mol. The SMILES string of the molecule is Cc1cnc(C2CCC2)n1C1CCN(C(=O)C2CC2)CC1. The number of carbonyl (C=O) groups is 1. The molecule has 1 aromatic rings. The highest BCUT2D eigenvalue weighted by Crippen LogP contribution is 2.39. The summed E-state index contributed by atoms with van der Waals surface area (Å²) in [4.78, 5) is 18.9. The van der Waals surface area contributed by atoms with Crippen LogP contribution in [0.3, 0.4) is 0 Å². The maximum atomic E-state index is 12.2. The molecule has 0 spiro atoms. The lowest BCUT2D eigenvalue weighted by Gasteiger charge is -2.36. The zero-order valence-electron chi connectivity index (χ0n) is 12.9. The zero-order valence-corrected chi connectivity index (χ0v) is 12.9. The van der Waals surface area contributed by atoms with Crippen molar-refractivity contribution in [3.63, 3.8) is 0 Å². The largest absolute Gasteiger partial charge is 0.342 e. The van der Waals surface area contributed by atoms with Crippen molar-refractivity contribution in [2.24, 2.45) is 5.92 Å². The Balaban J connectivity index is 1.46. The summed E-state index contributed by atoms with van der Waals surface area (Å²) in [7, 11) is 0. The standard InChI is InChI=1S/C17H25N3O/c1-12-11-18-16(13-3-2-4-13)20(12)15-7-9-19(10-8-15)17(21)14-5-6-14/h11,13-15H,2-10H2,1H3. The Hall–Kier alpha value is -1.32. The van der Waals surface area contributed by atoms with Crippen molar-refractivity contribution in [2.75, 3.05) is 13.1 Å². The first kappa shape index (κ1) is 13.4. The zero-order chi connectivity index (χ0) is 14.4. The number of amides is 1. The number of hydrogen-bond donors (Lipinski definition) is 0. The van der Waals surface area contributed by atoms with Crippen LogP contribution in [0.15, 0.2) is 6.20 Å². The van der Waals surface area contributed by atoms with Crippen LogP contribution in [0.2, 0.25) is 0 Å². The molecule has 4 rings (SSSR count). The Morgan fingerprint density at radius 1 is 1.14 bits per heavy atom. The van der Waals surface area contributed by atoms with Crippen molar-refractivity contribution in [3.05, 3.63) is 17.7 Å². The quantitative estimate of drug-likeness (QED) is 0.857. The summed E-state index contributed by atoms with van der Waals surface area (Å²) < 4.78 is 2.49. The average molecular weight is 287 g/mol. The van der Waals surface area contributed by atoms with Crippen molar-refractivity contribution in [2.45, 2.75) is 63.8 Å². The normalized spacial score (nSPS) is 24.1. The van der Waals surface area contributed by atoms with Gasteiger partial charge in [0.15, 0.2) is 0 Å². The molecule has 3 aliphatic rings. The molecule has 0 aromatic carbocycles. The number of carbonyl (C=O) groups excluding carboxylic acids is 1. The van der Waals surface area contributed by atoms with Crippen molar-refractivity contribution < 1.29 is 4.79 Å². The number of aromatic nitrogens is 2. The summed E-state index contributed by atoms with van der Waals surface area (Å²) in [5.41, 5.74) is 1.30. The minimum absolute atomic E-state index is 0.363. The molecule has 2 saturated carbocycles. The van der Waals surface area contributed by atoms with Crippen LogP contribution in [-0.2, 0) is 4.79 Å². The molecule has 0 radical (unpaired) electrons. The fraction of sp³-hybridized carbons (Fsp3) is 0.765. The molecule has 1 amide bonds. The van der Waals surface area contributed by atoms with Gasteiger partial charge in [-0.3, -0.25) is 4.79 Å². The van der Waals surface area contributed by atoms with Crippen molar-refractivity contribution in [1.82, 2.24) is 14.5 Å². The molecule has 2 aliphatic carbocycles. The van der Waals surface area contributed by atoms with E-state index in [0.717, 1.165) is 38.8 Å². The van der Waals surface area contributed by atoms with E-state index >= 15 is 0 Å². The van der Waals surface area contributed by atoms with Gasteiger partial charge >= 0.3 is 0 Å². The molecule has 0 unspecified atom stereocenters. The first-order chi connectivity index (χ1) is 10.2. The molecule has 0 bridgehead atoms. The third-order valence-corrected chi connectivity index (χ3v) is 5.55. The number of piperidine rings is 1. The molecule has 0 N–H and O–H groups in total. The maximum absolute atomic E-state index is 12.2. The maximum Gasteiger partial charge on any atom is 0.225 e. The van der Waals surface area contributed by atoms with Gasteiger partial charge in [0.2, 0.25) is 5.91 Å². The molecular weight excluding hydrogens is 262 g/mol. The van der Waals surface area contributed by atoms with Gasteiger partial charge in [-0.1, -0.05) is 6.42 Å². The topological polar surface area (TPSA) is 38.1 Å². The molecule has 4 nitrogen and oxygen atoms in total. The summed E-state index contributed by atoms with van der Waals surface area (Å²) >= 11 is 0. The molecule has 114 valence electrons. The number of aryl methyl sites for hydroxylation is 1. The molecule has 21 heavy (non-hydrogen) atoms. The van der Waals surface area contributed by atoms with Crippen LogP contribution < -0.4 is 0 Å². The van der Waals surface area contributed by atoms with E-state index in [1.165, 1.54) is 30.8 Å². The number of likely N-dealkylation sites (tertiary alicyclic amines) is 1. The number of imidazole rings is 1. The minimum Gasteiger partial charge on any atom is -0.342 e. The number of nitrogens with zero attached hydrogens (tertiary/aromatic N) is 3. The Bertz CT molecular complexity index is 534. The molecule has 1 aromatic heterocycles. The minimum atomic E-state index is 0.363. The van der Waals surface area contributed by atoms with E-state index in [9.17, 15) is 4.79 Å². The predicted octanol–water partition coefficient (Wildman–Crippen LogP) is 3.03. The second-order valence-electron chi connectivity index (χ2n) is 7.09. The summed E-state index contributed by atoms with van der Waals surface area (Å²) in [6, 6.07) is 0.548. The molecule has 1 aliphatic heterocycles. The first-order valence-corrected chi connectivity index (χ1v) is 8.56. The van der Waals surface area contributed by atoms with Crippen LogP contribution in [0.25, 0.3) is 0 Å². The highest BCUT2D eigenvalue weighted by atomic mass is 16.2. The molecule has 2 heterocycles. The Labute approximate surface area is 126 Å². The van der Waals surface area contributed by atoms with E-state index < -0.39 is 0 Å². The van der Waals surface area contributed by atoms with Gasteiger partial charge in [0.05, 0.1) is 0 Å². The summed E-state index contributed by atoms with van der Waals surface area (Å²) in [6.07, 6.45) is 10.4. The van der Waals surface area contributed by atoms with Crippen LogP contribution in [0.1, 0.15) is 68.4 Å². The third kappa shape index (κ3) is 2.39. The lowest BCUT2D eigenvalue weighted by atomic mass is 9.84. The summed E-state index contributed by atoms with van der Waals surface area (Å²) in [5.74, 6) is 2.77. The Kier molecular flexibility index (Phi) is 3.27. The van der Waals surface area contributed by atoms with E-state index in [1.807, 2.05) is 6.20 Å². The van der Waals surface area contributed by atoms with Gasteiger partial charge in [0.25, 0.3) is 0 Å². The van der Waals surface area contributed by atoms with Gasteiger partial charge in [-0.05, 0) is 45.4 Å². The highest BCUT2D eigenvalue weighted by Gasteiger charge is 2.36. The van der Waals surface area contributed by atoms with Crippen molar-refractivity contribution in [1.29, 1.82) is 0 Å². The summed E-state index contributed by atoms with van der Waals surface area (Å²) in [6.45, 7) is 4.04. The van der Waals surface area contributed by atoms with Crippen LogP contribution in [0, 0.1) is 12.8 Å². The van der Waals surface area contributed by atoms with Crippen LogP contribution in [0.5, 0.6) is 0 Å². The predicted molar refractivity (Wildman–Crippen MR) is 81.1 cm³/mol. The van der Waals surface area contributed by atoms with Crippen molar-refractivity contribution >= 4 is 5.91 Å².